The van der Waals surface area contributed by atoms with Crippen LogP contribution in [0.15, 0.2) is 41.3 Å². The van der Waals surface area contributed by atoms with Crippen LogP contribution in [0.5, 0.6) is 5.75 Å². The number of aliphatic hydroxyl groups is 1. The Kier molecular flexibility index (Phi) is 5.79. The van der Waals surface area contributed by atoms with Crippen molar-refractivity contribution in [2.24, 2.45) is 0 Å². The zero-order chi connectivity index (χ0) is 19.6. The van der Waals surface area contributed by atoms with Crippen LogP contribution >= 0.6 is 11.8 Å². The second kappa shape index (κ2) is 7.92. The molecule has 1 aliphatic heterocycles. The predicted molar refractivity (Wildman–Crippen MR) is 104 cm³/mol. The molecule has 0 spiro atoms. The Morgan fingerprint density at radius 3 is 2.74 bits per heavy atom. The lowest BCUT2D eigenvalue weighted by Crippen LogP contribution is -2.23. The van der Waals surface area contributed by atoms with Gasteiger partial charge in [-0.25, -0.2) is 4.79 Å². The molecule has 3 rings (SSSR count). The summed E-state index contributed by atoms with van der Waals surface area (Å²) in [7, 11) is 0. The van der Waals surface area contributed by atoms with Crippen LogP contribution in [0, 0.1) is 0 Å². The minimum atomic E-state index is -1.18. The monoisotopic (exact) mass is 388 g/mol. The predicted octanol–water partition coefficient (Wildman–Crippen LogP) is 4.11. The highest BCUT2D eigenvalue weighted by atomic mass is 32.2. The van der Waals surface area contributed by atoms with E-state index in [2.05, 4.69) is 26.0 Å². The molecule has 0 bridgehead atoms. The van der Waals surface area contributed by atoms with Gasteiger partial charge in [0.25, 0.3) is 0 Å². The number of ether oxygens (including phenoxy) is 1. The number of benzene rings is 2. The van der Waals surface area contributed by atoms with E-state index in [1.165, 1.54) is 22.6 Å². The Morgan fingerprint density at radius 2 is 2.04 bits per heavy atom. The van der Waals surface area contributed by atoms with E-state index in [1.54, 1.807) is 6.07 Å². The van der Waals surface area contributed by atoms with E-state index in [4.69, 9.17) is 9.84 Å². The summed E-state index contributed by atoms with van der Waals surface area (Å²) in [5, 5.41) is 29.1. The molecule has 0 radical (unpaired) electrons. The lowest BCUT2D eigenvalue weighted by Gasteiger charge is -2.32. The van der Waals surface area contributed by atoms with Gasteiger partial charge in [0.15, 0.2) is 0 Å². The van der Waals surface area contributed by atoms with Crippen molar-refractivity contribution < 1.29 is 24.9 Å². The van der Waals surface area contributed by atoms with Gasteiger partial charge in [0.05, 0.1) is 13.2 Å². The fraction of sp³-hybridized carbons (Fsp3) is 0.381. The lowest BCUT2D eigenvalue weighted by atomic mass is 9.81. The van der Waals surface area contributed by atoms with Crippen LogP contribution in [-0.4, -0.2) is 33.6 Å². The summed E-state index contributed by atoms with van der Waals surface area (Å²) in [6, 6.07) is 10.4. The quantitative estimate of drug-likeness (QED) is 0.690. The summed E-state index contributed by atoms with van der Waals surface area (Å²) < 4.78 is 5.57. The normalized spacial score (nSPS) is 16.6. The molecule has 0 saturated carbocycles. The second-order valence-corrected chi connectivity index (χ2v) is 8.56. The first-order chi connectivity index (χ1) is 12.8. The van der Waals surface area contributed by atoms with Gasteiger partial charge in [-0.05, 0) is 52.5 Å². The van der Waals surface area contributed by atoms with E-state index < -0.39 is 12.1 Å². The summed E-state index contributed by atoms with van der Waals surface area (Å²) in [5.41, 5.74) is 2.69. The first kappa shape index (κ1) is 19.7. The van der Waals surface area contributed by atoms with Gasteiger partial charge >= 0.3 is 5.97 Å². The summed E-state index contributed by atoms with van der Waals surface area (Å²) >= 11 is 1.85. The summed E-state index contributed by atoms with van der Waals surface area (Å²) in [5.74, 6) is -0.360. The standard InChI is InChI=1S/C21H24O5S/c1-21(2)7-8-27-19-6-4-14(10-16(19)21)18(23)12-26-11-13-3-5-15(20(24)25)17(22)9-13/h3-6,9-10,18,22-23H,7-8,11-12H2,1-2H3,(H,24,25). The highest BCUT2D eigenvalue weighted by Crippen LogP contribution is 2.42. The smallest absolute Gasteiger partial charge is 0.339 e. The van der Waals surface area contributed by atoms with E-state index in [9.17, 15) is 15.0 Å². The highest BCUT2D eigenvalue weighted by molar-refractivity contribution is 7.99. The van der Waals surface area contributed by atoms with Crippen molar-refractivity contribution in [2.75, 3.05) is 12.4 Å². The van der Waals surface area contributed by atoms with E-state index in [0.717, 1.165) is 17.7 Å². The van der Waals surface area contributed by atoms with Gasteiger partial charge in [0, 0.05) is 4.90 Å². The van der Waals surface area contributed by atoms with Gasteiger partial charge in [-0.2, -0.15) is 0 Å². The lowest BCUT2D eigenvalue weighted by molar-refractivity contribution is 0.0275. The van der Waals surface area contributed by atoms with Crippen LogP contribution in [0.1, 0.15) is 53.4 Å². The van der Waals surface area contributed by atoms with Crippen molar-refractivity contribution in [1.29, 1.82) is 0 Å². The van der Waals surface area contributed by atoms with Crippen LogP contribution in [0.25, 0.3) is 0 Å². The molecule has 2 aromatic carbocycles. The molecule has 3 N–H and O–H groups in total. The highest BCUT2D eigenvalue weighted by Gasteiger charge is 2.28. The summed E-state index contributed by atoms with van der Waals surface area (Å²) in [4.78, 5) is 12.2. The Hall–Kier alpha value is -2.02. The van der Waals surface area contributed by atoms with Crippen LogP contribution < -0.4 is 0 Å². The minimum absolute atomic E-state index is 0.0978. The molecular formula is C21H24O5S. The van der Waals surface area contributed by atoms with E-state index in [0.29, 0.717) is 5.56 Å². The Morgan fingerprint density at radius 1 is 1.26 bits per heavy atom. The van der Waals surface area contributed by atoms with Crippen molar-refractivity contribution >= 4 is 17.7 Å². The van der Waals surface area contributed by atoms with E-state index >= 15 is 0 Å². The van der Waals surface area contributed by atoms with Gasteiger partial charge in [-0.15, -0.1) is 11.8 Å². The van der Waals surface area contributed by atoms with Crippen LogP contribution in [0.4, 0.5) is 0 Å². The SMILES string of the molecule is CC1(C)CCSc2ccc(C(O)COCc3ccc(C(=O)O)c(O)c3)cc21. The average Bonchev–Trinajstić information content (AvgIpc) is 2.61. The number of carboxylic acids is 1. The minimum Gasteiger partial charge on any atom is -0.507 e. The molecule has 27 heavy (non-hydrogen) atoms. The van der Waals surface area contributed by atoms with Gasteiger partial charge < -0.3 is 20.1 Å². The number of phenols is 1. The molecule has 5 nitrogen and oxygen atoms in total. The third-order valence-corrected chi connectivity index (χ3v) is 6.01. The Bertz CT molecular complexity index is 846. The topological polar surface area (TPSA) is 87.0 Å². The summed E-state index contributed by atoms with van der Waals surface area (Å²) in [6.45, 7) is 4.75. The molecule has 1 aliphatic rings. The molecule has 0 fully saturated rings. The average molecular weight is 388 g/mol. The zero-order valence-electron chi connectivity index (χ0n) is 15.4. The van der Waals surface area contributed by atoms with E-state index in [1.807, 2.05) is 17.8 Å². The number of aromatic carboxylic acids is 1. The second-order valence-electron chi connectivity index (χ2n) is 7.43. The zero-order valence-corrected chi connectivity index (χ0v) is 16.3. The van der Waals surface area contributed by atoms with Crippen molar-refractivity contribution in [3.05, 3.63) is 58.7 Å². The number of carbonyl (C=O) groups is 1. The van der Waals surface area contributed by atoms with Crippen LogP contribution in [-0.2, 0) is 16.8 Å². The molecule has 1 heterocycles. The largest absolute Gasteiger partial charge is 0.507 e. The Labute approximate surface area is 163 Å². The number of fused-ring (bicyclic) bond motifs is 1. The molecule has 6 heteroatoms. The number of hydrogen-bond acceptors (Lipinski definition) is 5. The van der Waals surface area contributed by atoms with Crippen molar-refractivity contribution in [1.82, 2.24) is 0 Å². The number of thioether (sulfide) groups is 1. The maximum absolute atomic E-state index is 10.9. The van der Waals surface area contributed by atoms with Crippen LogP contribution in [0.2, 0.25) is 0 Å². The molecule has 144 valence electrons. The number of hydrogen-bond donors (Lipinski definition) is 3. The van der Waals surface area contributed by atoms with Gasteiger partial charge in [-0.1, -0.05) is 32.0 Å². The molecule has 0 saturated heterocycles. The Balaban J connectivity index is 1.62. The van der Waals surface area contributed by atoms with Gasteiger partial charge in [0.1, 0.15) is 17.4 Å². The van der Waals surface area contributed by atoms with Crippen molar-refractivity contribution in [2.45, 2.75) is 43.3 Å². The molecule has 0 amide bonds. The number of aromatic hydroxyl groups is 1. The van der Waals surface area contributed by atoms with Crippen molar-refractivity contribution in [3.8, 4) is 5.75 Å². The molecular weight excluding hydrogens is 364 g/mol. The molecule has 1 unspecified atom stereocenters. The maximum Gasteiger partial charge on any atom is 0.339 e. The first-order valence-corrected chi connectivity index (χ1v) is 9.85. The van der Waals surface area contributed by atoms with Gasteiger partial charge in [-0.3, -0.25) is 0 Å². The number of rotatable bonds is 6. The molecule has 1 atom stereocenters. The number of carboxylic acid groups (broad SMARTS) is 1. The molecule has 0 aromatic heterocycles. The third kappa shape index (κ3) is 4.46. The number of aliphatic hydroxyl groups excluding tert-OH is 1. The fourth-order valence-corrected chi connectivity index (χ4v) is 4.68. The molecule has 0 aliphatic carbocycles. The molecule has 2 aromatic rings. The fourth-order valence-electron chi connectivity index (χ4n) is 3.19. The van der Waals surface area contributed by atoms with Crippen LogP contribution in [0.3, 0.4) is 0 Å². The van der Waals surface area contributed by atoms with Gasteiger partial charge in [0.2, 0.25) is 0 Å². The maximum atomic E-state index is 10.9. The summed E-state index contributed by atoms with van der Waals surface area (Å²) in [6.07, 6.45) is 0.362. The first-order valence-electron chi connectivity index (χ1n) is 8.86. The van der Waals surface area contributed by atoms with E-state index in [-0.39, 0.29) is 29.9 Å². The van der Waals surface area contributed by atoms with Crippen molar-refractivity contribution in [3.63, 3.8) is 0 Å². The third-order valence-electron chi connectivity index (χ3n) is 4.94.